The number of fused-ring (bicyclic) bond motifs is 5. The first-order chi connectivity index (χ1) is 11.7. The maximum atomic E-state index is 13.1. The van der Waals surface area contributed by atoms with Crippen molar-refractivity contribution in [1.29, 1.82) is 0 Å². The summed E-state index contributed by atoms with van der Waals surface area (Å²) in [4.78, 5) is 26.2. The summed E-state index contributed by atoms with van der Waals surface area (Å²) < 4.78 is 44.7. The second-order valence-electron chi connectivity index (χ2n) is 6.23. The van der Waals surface area contributed by atoms with Crippen LogP contribution in [0.5, 0.6) is 0 Å². The van der Waals surface area contributed by atoms with Gasteiger partial charge in [-0.05, 0) is 18.2 Å². The quantitative estimate of drug-likeness (QED) is 0.637. The fourth-order valence-electron chi connectivity index (χ4n) is 3.81. The van der Waals surface area contributed by atoms with Crippen molar-refractivity contribution in [2.24, 2.45) is 11.8 Å². The van der Waals surface area contributed by atoms with E-state index >= 15 is 0 Å². The molecule has 0 aliphatic carbocycles. The maximum Gasteiger partial charge on any atom is 0.417 e. The smallest absolute Gasteiger partial charge is 0.393 e. The Bertz CT molecular complexity index is 824. The lowest BCUT2D eigenvalue weighted by molar-refractivity contribution is -0.137. The average molecular weight is 374 g/mol. The summed E-state index contributed by atoms with van der Waals surface area (Å²) >= 11 is 5.59. The number of carbonyl (C=O) groups is 2. The molecule has 3 aliphatic heterocycles. The summed E-state index contributed by atoms with van der Waals surface area (Å²) in [5.74, 6) is -3.14. The second-order valence-corrected chi connectivity index (χ2v) is 6.64. The number of amides is 2. The van der Waals surface area contributed by atoms with Crippen LogP contribution in [0.15, 0.2) is 30.4 Å². The van der Waals surface area contributed by atoms with Crippen LogP contribution in [0, 0.1) is 11.8 Å². The number of alkyl halides is 3. The van der Waals surface area contributed by atoms with Crippen LogP contribution in [0.3, 0.4) is 0 Å². The van der Waals surface area contributed by atoms with Crippen LogP contribution in [-0.4, -0.2) is 35.2 Å². The molecule has 4 rings (SSSR count). The van der Waals surface area contributed by atoms with Crippen LogP contribution in [0.25, 0.3) is 0 Å². The lowest BCUT2D eigenvalue weighted by Gasteiger charge is -2.26. The van der Waals surface area contributed by atoms with Gasteiger partial charge in [-0.1, -0.05) is 23.8 Å². The minimum Gasteiger partial charge on any atom is -0.393 e. The Morgan fingerprint density at radius 2 is 2.00 bits per heavy atom. The van der Waals surface area contributed by atoms with Crippen molar-refractivity contribution >= 4 is 29.1 Å². The van der Waals surface area contributed by atoms with E-state index in [4.69, 9.17) is 16.3 Å². The first-order valence-electron chi connectivity index (χ1n) is 7.42. The number of aliphatic hydroxyl groups excluding tert-OH is 1. The highest BCUT2D eigenvalue weighted by molar-refractivity contribution is 6.31. The number of anilines is 1. The number of nitrogens with zero attached hydrogens (tertiary/aromatic N) is 1. The van der Waals surface area contributed by atoms with Gasteiger partial charge in [0.15, 0.2) is 0 Å². The molecule has 132 valence electrons. The number of benzene rings is 1. The van der Waals surface area contributed by atoms with Crippen molar-refractivity contribution in [2.45, 2.75) is 17.9 Å². The Labute approximate surface area is 144 Å². The largest absolute Gasteiger partial charge is 0.417 e. The molecule has 0 aromatic heterocycles. The van der Waals surface area contributed by atoms with Crippen LogP contribution < -0.4 is 4.90 Å². The van der Waals surface area contributed by atoms with E-state index < -0.39 is 58.7 Å². The van der Waals surface area contributed by atoms with E-state index in [1.165, 1.54) is 12.1 Å². The summed E-state index contributed by atoms with van der Waals surface area (Å²) in [6, 6.07) is 2.87. The third-order valence-electron chi connectivity index (χ3n) is 4.92. The number of halogens is 4. The molecular formula is C16H11ClF3NO4. The topological polar surface area (TPSA) is 66.8 Å². The van der Waals surface area contributed by atoms with Gasteiger partial charge in [-0.3, -0.25) is 9.59 Å². The maximum absolute atomic E-state index is 13.1. The van der Waals surface area contributed by atoms with Gasteiger partial charge in [0.25, 0.3) is 0 Å². The molecule has 0 unspecified atom stereocenters. The predicted octanol–water partition coefficient (Wildman–Crippen LogP) is 2.16. The van der Waals surface area contributed by atoms with Crippen molar-refractivity contribution in [1.82, 2.24) is 0 Å². The fraction of sp³-hybridized carbons (Fsp3) is 0.375. The van der Waals surface area contributed by atoms with E-state index in [2.05, 4.69) is 0 Å². The number of rotatable bonds is 2. The second kappa shape index (κ2) is 5.06. The van der Waals surface area contributed by atoms with E-state index in [1.54, 1.807) is 6.08 Å². The van der Waals surface area contributed by atoms with Gasteiger partial charge in [0.2, 0.25) is 11.8 Å². The SMILES string of the molecule is O=C1[C@H]2[C@@H]3C=C[C@@](CO)(O3)[C@H]2C(=O)N1c1ccc(Cl)c(C(F)(F)F)c1. The lowest BCUT2D eigenvalue weighted by atomic mass is 9.77. The molecule has 0 spiro atoms. The van der Waals surface area contributed by atoms with Crippen molar-refractivity contribution in [2.75, 3.05) is 11.5 Å². The molecule has 1 N–H and O–H groups in total. The number of imide groups is 1. The highest BCUT2D eigenvalue weighted by Crippen LogP contribution is 2.52. The van der Waals surface area contributed by atoms with Crippen molar-refractivity contribution in [3.63, 3.8) is 0 Å². The molecular weight excluding hydrogens is 363 g/mol. The summed E-state index contributed by atoms with van der Waals surface area (Å²) in [6.07, 6.45) is -2.26. The summed E-state index contributed by atoms with van der Waals surface area (Å²) in [6.45, 7) is -0.498. The molecule has 3 aliphatic rings. The molecule has 0 saturated carbocycles. The zero-order valence-electron chi connectivity index (χ0n) is 12.5. The molecule has 2 bridgehead atoms. The summed E-state index contributed by atoms with van der Waals surface area (Å²) in [5, 5.41) is 9.09. The highest BCUT2D eigenvalue weighted by atomic mass is 35.5. The molecule has 2 fully saturated rings. The third-order valence-corrected chi connectivity index (χ3v) is 5.25. The van der Waals surface area contributed by atoms with Gasteiger partial charge in [-0.15, -0.1) is 0 Å². The number of hydrogen-bond acceptors (Lipinski definition) is 4. The van der Waals surface area contributed by atoms with E-state index in [-0.39, 0.29) is 5.69 Å². The standard InChI is InChI=1S/C16H11ClF3NO4/c17-9-2-1-7(5-8(9)16(18,19)20)21-13(23)11-10-3-4-15(6-22,25-10)12(11)14(21)24/h1-5,10-12,22H,6H2/t10-,11-,12+,15-/m0/s1. The Hall–Kier alpha value is -1.90. The first-order valence-corrected chi connectivity index (χ1v) is 7.80. The number of ether oxygens (including phenoxy) is 1. The summed E-state index contributed by atoms with van der Waals surface area (Å²) in [7, 11) is 0. The van der Waals surface area contributed by atoms with Gasteiger partial charge < -0.3 is 9.84 Å². The number of carbonyl (C=O) groups excluding carboxylic acids is 2. The van der Waals surface area contributed by atoms with Crippen LogP contribution in [0.4, 0.5) is 18.9 Å². The Morgan fingerprint density at radius 3 is 2.64 bits per heavy atom. The van der Waals surface area contributed by atoms with Gasteiger partial charge in [0.05, 0.1) is 40.8 Å². The molecule has 2 saturated heterocycles. The third kappa shape index (κ3) is 2.11. The Morgan fingerprint density at radius 1 is 1.28 bits per heavy atom. The van der Waals surface area contributed by atoms with Gasteiger partial charge in [-0.25, -0.2) is 4.90 Å². The van der Waals surface area contributed by atoms with Crippen molar-refractivity contribution < 1.29 is 32.6 Å². The van der Waals surface area contributed by atoms with Gasteiger partial charge in [0, 0.05) is 0 Å². The van der Waals surface area contributed by atoms with Gasteiger partial charge in [0.1, 0.15) is 5.60 Å². The monoisotopic (exact) mass is 373 g/mol. The molecule has 1 aromatic carbocycles. The molecule has 2 amide bonds. The zero-order valence-corrected chi connectivity index (χ0v) is 13.2. The van der Waals surface area contributed by atoms with Crippen LogP contribution >= 0.6 is 11.6 Å². The Balaban J connectivity index is 1.77. The molecule has 4 atom stereocenters. The Kier molecular flexibility index (Phi) is 3.35. The van der Waals surface area contributed by atoms with Gasteiger partial charge in [-0.2, -0.15) is 13.2 Å². The first kappa shape index (κ1) is 16.6. The van der Waals surface area contributed by atoms with E-state index in [9.17, 15) is 27.9 Å². The van der Waals surface area contributed by atoms with Gasteiger partial charge >= 0.3 is 6.18 Å². The van der Waals surface area contributed by atoms with E-state index in [0.29, 0.717) is 6.07 Å². The minimum absolute atomic E-state index is 0.200. The lowest BCUT2D eigenvalue weighted by Crippen LogP contribution is -2.43. The molecule has 25 heavy (non-hydrogen) atoms. The molecule has 9 heteroatoms. The van der Waals surface area contributed by atoms with E-state index in [0.717, 1.165) is 11.0 Å². The predicted molar refractivity (Wildman–Crippen MR) is 79.8 cm³/mol. The summed E-state index contributed by atoms with van der Waals surface area (Å²) in [5.41, 5.74) is -2.62. The van der Waals surface area contributed by atoms with Crippen LogP contribution in [0.2, 0.25) is 5.02 Å². The minimum atomic E-state index is -4.72. The van der Waals surface area contributed by atoms with Crippen molar-refractivity contribution in [3.8, 4) is 0 Å². The fourth-order valence-corrected chi connectivity index (χ4v) is 4.03. The van der Waals surface area contributed by atoms with Crippen molar-refractivity contribution in [3.05, 3.63) is 40.9 Å². The van der Waals surface area contributed by atoms with E-state index in [1.807, 2.05) is 0 Å². The molecule has 0 radical (unpaired) electrons. The number of aliphatic hydroxyl groups is 1. The zero-order chi connectivity index (χ0) is 18.1. The molecule has 3 heterocycles. The molecule has 5 nitrogen and oxygen atoms in total. The highest BCUT2D eigenvalue weighted by Gasteiger charge is 2.67. The van der Waals surface area contributed by atoms with Crippen LogP contribution in [0.1, 0.15) is 5.56 Å². The average Bonchev–Trinajstić information content (AvgIpc) is 3.18. The number of hydrogen-bond donors (Lipinski definition) is 1. The normalized spacial score (nSPS) is 33.5. The molecule has 1 aromatic rings. The van der Waals surface area contributed by atoms with Crippen LogP contribution in [-0.2, 0) is 20.5 Å².